The first-order valence-electron chi connectivity index (χ1n) is 9.20. The summed E-state index contributed by atoms with van der Waals surface area (Å²) in [6, 6.07) is 21.4. The number of carbonyl (C=O) groups excluding carboxylic acids is 2. The molecule has 2 amide bonds. The first-order valence-corrected chi connectivity index (χ1v) is 9.20. The van der Waals surface area contributed by atoms with Crippen LogP contribution >= 0.6 is 0 Å². The lowest BCUT2D eigenvalue weighted by Crippen LogP contribution is -2.28. The van der Waals surface area contributed by atoms with Gasteiger partial charge in [-0.2, -0.15) is 0 Å². The first-order chi connectivity index (χ1) is 14.0. The fraction of sp³-hybridized carbons (Fsp3) is 0.0870. The van der Waals surface area contributed by atoms with Crippen molar-refractivity contribution in [3.8, 4) is 0 Å². The Bertz CT molecular complexity index is 1250. The Hall–Kier alpha value is -3.93. The zero-order chi connectivity index (χ0) is 20.4. The molecule has 4 aromatic rings. The van der Waals surface area contributed by atoms with Gasteiger partial charge in [-0.1, -0.05) is 36.4 Å². The van der Waals surface area contributed by atoms with Gasteiger partial charge in [-0.25, -0.2) is 0 Å². The van der Waals surface area contributed by atoms with Crippen LogP contribution in [0.25, 0.3) is 21.8 Å². The standard InChI is InChI=1S/C23H19N3O3/c24-23(29)16-7-5-6-15(12-16)13-25-21(27)14-26-19-10-3-1-8-17(19)22(28)18-9-2-4-11-20(18)26/h1-12H,13-14H2,(H2,24,29)(H,25,27). The number of fused-ring (bicyclic) bond motifs is 2. The Labute approximate surface area is 166 Å². The Morgan fingerprint density at radius 1 is 0.862 bits per heavy atom. The van der Waals surface area contributed by atoms with E-state index in [0.717, 1.165) is 5.56 Å². The predicted molar refractivity (Wildman–Crippen MR) is 113 cm³/mol. The lowest BCUT2D eigenvalue weighted by molar-refractivity contribution is -0.121. The van der Waals surface area contributed by atoms with Crippen LogP contribution in [-0.2, 0) is 17.9 Å². The summed E-state index contributed by atoms with van der Waals surface area (Å²) in [4.78, 5) is 36.8. The number of rotatable bonds is 5. The highest BCUT2D eigenvalue weighted by atomic mass is 16.2. The van der Waals surface area contributed by atoms with E-state index in [9.17, 15) is 14.4 Å². The highest BCUT2D eigenvalue weighted by Gasteiger charge is 2.13. The van der Waals surface area contributed by atoms with Crippen molar-refractivity contribution < 1.29 is 9.59 Å². The second-order valence-electron chi connectivity index (χ2n) is 6.79. The van der Waals surface area contributed by atoms with Crippen molar-refractivity contribution in [1.29, 1.82) is 0 Å². The van der Waals surface area contributed by atoms with E-state index in [1.807, 2.05) is 47.0 Å². The van der Waals surface area contributed by atoms with Crippen LogP contribution in [0.2, 0.25) is 0 Å². The average molecular weight is 385 g/mol. The third-order valence-corrected chi connectivity index (χ3v) is 4.88. The maximum Gasteiger partial charge on any atom is 0.248 e. The number of nitrogens with zero attached hydrogens (tertiary/aromatic N) is 1. The molecule has 0 unspecified atom stereocenters. The molecule has 29 heavy (non-hydrogen) atoms. The number of benzene rings is 3. The fourth-order valence-electron chi connectivity index (χ4n) is 3.48. The lowest BCUT2D eigenvalue weighted by atomic mass is 10.1. The summed E-state index contributed by atoms with van der Waals surface area (Å²) < 4.78 is 1.85. The van der Waals surface area contributed by atoms with Gasteiger partial charge in [0.2, 0.25) is 11.8 Å². The lowest BCUT2D eigenvalue weighted by Gasteiger charge is -2.15. The Kier molecular flexibility index (Phi) is 4.83. The van der Waals surface area contributed by atoms with E-state index in [4.69, 9.17) is 5.73 Å². The fourth-order valence-corrected chi connectivity index (χ4v) is 3.48. The Morgan fingerprint density at radius 3 is 2.10 bits per heavy atom. The van der Waals surface area contributed by atoms with Crippen molar-refractivity contribution in [3.05, 3.63) is 94.1 Å². The molecule has 1 heterocycles. The summed E-state index contributed by atoms with van der Waals surface area (Å²) >= 11 is 0. The van der Waals surface area contributed by atoms with Crippen LogP contribution in [0.1, 0.15) is 15.9 Å². The molecule has 1 aromatic heterocycles. The van der Waals surface area contributed by atoms with E-state index in [2.05, 4.69) is 5.32 Å². The maximum absolute atomic E-state index is 12.8. The molecule has 4 rings (SSSR count). The number of hydrogen-bond donors (Lipinski definition) is 2. The van der Waals surface area contributed by atoms with Crippen molar-refractivity contribution >= 4 is 33.6 Å². The molecule has 144 valence electrons. The van der Waals surface area contributed by atoms with Crippen LogP contribution in [0.3, 0.4) is 0 Å². The van der Waals surface area contributed by atoms with Crippen LogP contribution in [0.5, 0.6) is 0 Å². The number of primary amides is 1. The van der Waals surface area contributed by atoms with Crippen molar-refractivity contribution in [2.45, 2.75) is 13.1 Å². The third-order valence-electron chi connectivity index (χ3n) is 4.88. The van der Waals surface area contributed by atoms with Gasteiger partial charge in [0.25, 0.3) is 0 Å². The summed E-state index contributed by atoms with van der Waals surface area (Å²) in [5, 5.41) is 4.02. The van der Waals surface area contributed by atoms with E-state index >= 15 is 0 Å². The van der Waals surface area contributed by atoms with Gasteiger partial charge in [-0.15, -0.1) is 0 Å². The van der Waals surface area contributed by atoms with E-state index in [1.165, 1.54) is 0 Å². The molecule has 0 radical (unpaired) electrons. The molecule has 0 fully saturated rings. The maximum atomic E-state index is 12.8. The number of nitrogens with one attached hydrogen (secondary N) is 1. The SMILES string of the molecule is NC(=O)c1cccc(CNC(=O)Cn2c3ccccc3c(=O)c3ccccc32)c1. The minimum Gasteiger partial charge on any atom is -0.366 e. The molecular formula is C23H19N3O3. The van der Waals surface area contributed by atoms with Crippen LogP contribution in [0.15, 0.2) is 77.6 Å². The molecule has 0 spiro atoms. The summed E-state index contributed by atoms with van der Waals surface area (Å²) in [5.41, 5.74) is 7.86. The van der Waals surface area contributed by atoms with Gasteiger partial charge in [0.05, 0.1) is 11.0 Å². The summed E-state index contributed by atoms with van der Waals surface area (Å²) in [6.45, 7) is 0.340. The Morgan fingerprint density at radius 2 is 1.48 bits per heavy atom. The molecule has 0 aliphatic heterocycles. The van der Waals surface area contributed by atoms with Gasteiger partial charge in [0.15, 0.2) is 5.43 Å². The molecule has 6 nitrogen and oxygen atoms in total. The average Bonchev–Trinajstić information content (AvgIpc) is 2.75. The van der Waals surface area contributed by atoms with E-state index in [0.29, 0.717) is 27.4 Å². The zero-order valence-electron chi connectivity index (χ0n) is 15.6. The first kappa shape index (κ1) is 18.4. The number of para-hydroxylation sites is 2. The topological polar surface area (TPSA) is 94.2 Å². The highest BCUT2D eigenvalue weighted by molar-refractivity contribution is 5.95. The van der Waals surface area contributed by atoms with E-state index in [-0.39, 0.29) is 24.4 Å². The van der Waals surface area contributed by atoms with Crippen LogP contribution < -0.4 is 16.5 Å². The monoisotopic (exact) mass is 385 g/mol. The second-order valence-corrected chi connectivity index (χ2v) is 6.79. The summed E-state index contributed by atoms with van der Waals surface area (Å²) in [7, 11) is 0. The molecule has 3 aromatic carbocycles. The van der Waals surface area contributed by atoms with Crippen molar-refractivity contribution in [1.82, 2.24) is 9.88 Å². The number of nitrogens with two attached hydrogens (primary N) is 1. The largest absolute Gasteiger partial charge is 0.366 e. The molecule has 3 N–H and O–H groups in total. The molecule has 0 atom stereocenters. The molecule has 0 aliphatic carbocycles. The van der Waals surface area contributed by atoms with Crippen molar-refractivity contribution in [2.75, 3.05) is 0 Å². The third kappa shape index (κ3) is 3.60. The quantitative estimate of drug-likeness (QED) is 0.517. The van der Waals surface area contributed by atoms with Crippen LogP contribution in [-0.4, -0.2) is 16.4 Å². The van der Waals surface area contributed by atoms with Crippen molar-refractivity contribution in [2.24, 2.45) is 5.73 Å². The predicted octanol–water partition coefficient (Wildman–Crippen LogP) is 2.57. The molecular weight excluding hydrogens is 366 g/mol. The van der Waals surface area contributed by atoms with Gasteiger partial charge in [0.1, 0.15) is 6.54 Å². The molecule has 0 aliphatic rings. The van der Waals surface area contributed by atoms with Gasteiger partial charge >= 0.3 is 0 Å². The summed E-state index contributed by atoms with van der Waals surface area (Å²) in [6.07, 6.45) is 0. The van der Waals surface area contributed by atoms with Gasteiger partial charge in [-0.05, 0) is 42.0 Å². The number of carbonyl (C=O) groups is 2. The smallest absolute Gasteiger partial charge is 0.248 e. The molecule has 0 saturated carbocycles. The van der Waals surface area contributed by atoms with Gasteiger partial charge < -0.3 is 15.6 Å². The number of pyridine rings is 1. The van der Waals surface area contributed by atoms with Gasteiger partial charge in [0, 0.05) is 22.9 Å². The van der Waals surface area contributed by atoms with E-state index in [1.54, 1.807) is 30.3 Å². The molecule has 0 bridgehead atoms. The highest BCUT2D eigenvalue weighted by Crippen LogP contribution is 2.19. The minimum absolute atomic E-state index is 0.0453. The minimum atomic E-state index is -0.510. The van der Waals surface area contributed by atoms with Crippen LogP contribution in [0.4, 0.5) is 0 Å². The molecule has 6 heteroatoms. The normalized spacial score (nSPS) is 10.9. The van der Waals surface area contributed by atoms with Crippen LogP contribution in [0, 0.1) is 0 Å². The van der Waals surface area contributed by atoms with E-state index < -0.39 is 5.91 Å². The zero-order valence-corrected chi connectivity index (χ0v) is 15.6. The number of amides is 2. The number of hydrogen-bond acceptors (Lipinski definition) is 3. The van der Waals surface area contributed by atoms with Crippen molar-refractivity contribution in [3.63, 3.8) is 0 Å². The van der Waals surface area contributed by atoms with Gasteiger partial charge in [-0.3, -0.25) is 14.4 Å². The second kappa shape index (κ2) is 7.59. The Balaban J connectivity index is 1.64. The molecule has 0 saturated heterocycles. The summed E-state index contributed by atoms with van der Waals surface area (Å²) in [5.74, 6) is -0.710. The number of aromatic nitrogens is 1.